The summed E-state index contributed by atoms with van der Waals surface area (Å²) in [5.41, 5.74) is 3.14. The summed E-state index contributed by atoms with van der Waals surface area (Å²) in [5, 5.41) is 0. The van der Waals surface area contributed by atoms with Crippen LogP contribution in [0.5, 0.6) is 5.75 Å². The second kappa shape index (κ2) is 12.9. The number of carbonyl (C=O) groups is 1. The van der Waals surface area contributed by atoms with E-state index < -0.39 is 10.0 Å². The summed E-state index contributed by atoms with van der Waals surface area (Å²) >= 11 is 0. The lowest BCUT2D eigenvalue weighted by atomic mass is 9.61. The van der Waals surface area contributed by atoms with Gasteiger partial charge in [0.1, 0.15) is 12.4 Å². The van der Waals surface area contributed by atoms with Crippen LogP contribution in [-0.4, -0.2) is 88.5 Å². The van der Waals surface area contributed by atoms with E-state index in [1.807, 2.05) is 4.90 Å². The van der Waals surface area contributed by atoms with E-state index in [0.717, 1.165) is 51.6 Å². The first kappa shape index (κ1) is 31.9. The Morgan fingerprint density at radius 2 is 1.56 bits per heavy atom. The fourth-order valence-corrected chi connectivity index (χ4v) is 9.57. The van der Waals surface area contributed by atoms with Crippen LogP contribution in [0.1, 0.15) is 68.1 Å². The predicted molar refractivity (Wildman–Crippen MR) is 169 cm³/mol. The highest BCUT2D eigenvalue weighted by molar-refractivity contribution is 7.89. The first-order valence-corrected chi connectivity index (χ1v) is 17.2. The molecule has 3 fully saturated rings. The fourth-order valence-electron chi connectivity index (χ4n) is 7.49. The van der Waals surface area contributed by atoms with Crippen molar-refractivity contribution in [3.8, 4) is 5.75 Å². The van der Waals surface area contributed by atoms with E-state index in [-0.39, 0.29) is 37.2 Å². The third-order valence-electron chi connectivity index (χ3n) is 10.4. The van der Waals surface area contributed by atoms with E-state index >= 15 is 0 Å². The Morgan fingerprint density at radius 3 is 2.09 bits per heavy atom. The van der Waals surface area contributed by atoms with Gasteiger partial charge in [-0.3, -0.25) is 9.69 Å². The van der Waals surface area contributed by atoms with Gasteiger partial charge in [-0.05, 0) is 114 Å². The molecule has 0 N–H and O–H groups in total. The zero-order chi connectivity index (χ0) is 30.8. The Hall–Kier alpha value is -2.46. The molecule has 2 aliphatic carbocycles. The lowest BCUT2D eigenvalue weighted by Gasteiger charge is -2.52. The average Bonchev–Trinajstić information content (AvgIpc) is 3.83. The van der Waals surface area contributed by atoms with Gasteiger partial charge in [-0.1, -0.05) is 30.3 Å². The van der Waals surface area contributed by atoms with Crippen LogP contribution in [0.15, 0.2) is 47.4 Å². The van der Waals surface area contributed by atoms with E-state index in [1.54, 1.807) is 37.4 Å². The molecule has 236 valence electrons. The van der Waals surface area contributed by atoms with Crippen LogP contribution in [0.3, 0.4) is 0 Å². The van der Waals surface area contributed by atoms with Crippen LogP contribution < -0.4 is 4.74 Å². The topological polar surface area (TPSA) is 79.4 Å². The Kier molecular flexibility index (Phi) is 9.57. The van der Waals surface area contributed by atoms with Crippen molar-refractivity contribution in [2.24, 2.45) is 5.41 Å². The summed E-state index contributed by atoms with van der Waals surface area (Å²) in [6.45, 7) is 5.57. The molecule has 9 heteroatoms. The number of nitrogens with zero attached hydrogens (tertiary/aromatic N) is 3. The van der Waals surface area contributed by atoms with Gasteiger partial charge < -0.3 is 14.4 Å². The molecule has 0 radical (unpaired) electrons. The maximum Gasteiger partial charge on any atom is 0.248 e. The van der Waals surface area contributed by atoms with Gasteiger partial charge in [0.25, 0.3) is 0 Å². The van der Waals surface area contributed by atoms with Gasteiger partial charge in [-0.15, -0.1) is 0 Å². The highest BCUT2D eigenvalue weighted by atomic mass is 32.2. The first-order chi connectivity index (χ1) is 20.5. The maximum absolute atomic E-state index is 13.7. The third-order valence-corrected chi connectivity index (χ3v) is 12.6. The van der Waals surface area contributed by atoms with Gasteiger partial charge in [0.15, 0.2) is 0 Å². The van der Waals surface area contributed by atoms with E-state index in [2.05, 4.69) is 49.3 Å². The molecule has 0 atom stereocenters. The van der Waals surface area contributed by atoms with Crippen molar-refractivity contribution in [2.45, 2.75) is 81.7 Å². The molecule has 0 bridgehead atoms. The van der Waals surface area contributed by atoms with Crippen molar-refractivity contribution in [2.75, 3.05) is 54.1 Å². The minimum atomic E-state index is -3.69. The summed E-state index contributed by atoms with van der Waals surface area (Å²) < 4.78 is 40.1. The number of carbonyl (C=O) groups excluding carboxylic acids is 1. The largest absolute Gasteiger partial charge is 0.497 e. The van der Waals surface area contributed by atoms with Gasteiger partial charge >= 0.3 is 0 Å². The van der Waals surface area contributed by atoms with Crippen molar-refractivity contribution in [1.82, 2.24) is 14.1 Å². The Balaban J connectivity index is 1.11. The number of piperidine rings is 1. The summed E-state index contributed by atoms with van der Waals surface area (Å²) in [6, 6.07) is 14.4. The molecule has 43 heavy (non-hydrogen) atoms. The smallest absolute Gasteiger partial charge is 0.248 e. The molecule has 5 rings (SSSR count). The molecule has 1 saturated heterocycles. The Bertz CT molecular complexity index is 1350. The van der Waals surface area contributed by atoms with E-state index in [1.165, 1.54) is 18.4 Å². The van der Waals surface area contributed by atoms with Crippen molar-refractivity contribution in [3.05, 3.63) is 59.2 Å². The van der Waals surface area contributed by atoms with Gasteiger partial charge in [0.05, 0.1) is 18.6 Å². The zero-order valence-corrected chi connectivity index (χ0v) is 27.4. The molecule has 0 aromatic heterocycles. The highest BCUT2D eigenvalue weighted by Crippen LogP contribution is 2.52. The van der Waals surface area contributed by atoms with Crippen molar-refractivity contribution >= 4 is 15.9 Å². The molecular formula is C34H49N3O5S. The molecule has 2 aromatic rings. The van der Waals surface area contributed by atoms with Crippen LogP contribution in [0.25, 0.3) is 0 Å². The fraction of sp³-hybridized carbons (Fsp3) is 0.618. The number of sulfonamides is 1. The van der Waals surface area contributed by atoms with Gasteiger partial charge in [0, 0.05) is 31.2 Å². The highest BCUT2D eigenvalue weighted by Gasteiger charge is 2.46. The monoisotopic (exact) mass is 611 g/mol. The van der Waals surface area contributed by atoms with Crippen molar-refractivity contribution in [1.29, 1.82) is 0 Å². The number of benzene rings is 2. The lowest BCUT2D eigenvalue weighted by Crippen LogP contribution is -2.50. The van der Waals surface area contributed by atoms with Crippen molar-refractivity contribution < 1.29 is 22.7 Å². The van der Waals surface area contributed by atoms with Crippen LogP contribution in [0.4, 0.5) is 0 Å². The van der Waals surface area contributed by atoms with Crippen LogP contribution in [0, 0.1) is 19.3 Å². The molecular weight excluding hydrogens is 562 g/mol. The standard InChI is InChI=1S/C34H49N3O5S/c1-26-23-30(41-5)24-27(2)32(26)43(39,40)37(29-11-12-29)21-22-42-25-31(38)36-19-17-33(18-20-36)13-15-34(16-14-33,35(3)4)28-9-7-6-8-10-28/h6-10,23-24,29H,11-22,25H2,1-5H3. The number of hydrogen-bond acceptors (Lipinski definition) is 6. The van der Waals surface area contributed by atoms with Crippen LogP contribution >= 0.6 is 0 Å². The first-order valence-electron chi connectivity index (χ1n) is 15.8. The average molecular weight is 612 g/mol. The molecule has 1 aliphatic heterocycles. The van der Waals surface area contributed by atoms with E-state index in [9.17, 15) is 13.2 Å². The molecule has 1 amide bonds. The Morgan fingerprint density at radius 1 is 0.953 bits per heavy atom. The number of amides is 1. The number of hydrogen-bond donors (Lipinski definition) is 0. The number of methoxy groups -OCH3 is 1. The molecule has 2 saturated carbocycles. The van der Waals surface area contributed by atoms with Crippen LogP contribution in [-0.2, 0) is 25.1 Å². The number of aryl methyl sites for hydroxylation is 2. The van der Waals surface area contributed by atoms with E-state index in [4.69, 9.17) is 9.47 Å². The maximum atomic E-state index is 13.7. The number of ether oxygens (including phenoxy) is 2. The normalized spacial score (nSPS) is 20.1. The minimum absolute atomic E-state index is 0.000237. The number of rotatable bonds is 11. The molecule has 8 nitrogen and oxygen atoms in total. The second-order valence-corrected chi connectivity index (χ2v) is 15.0. The quantitative estimate of drug-likeness (QED) is 0.328. The second-order valence-electron chi connectivity index (χ2n) is 13.2. The summed E-state index contributed by atoms with van der Waals surface area (Å²) in [4.78, 5) is 17.7. The molecule has 0 unspecified atom stereocenters. The molecule has 1 heterocycles. The number of likely N-dealkylation sites (tertiary alicyclic amines) is 1. The molecule has 2 aromatic carbocycles. The van der Waals surface area contributed by atoms with Gasteiger partial charge in [-0.25, -0.2) is 8.42 Å². The summed E-state index contributed by atoms with van der Waals surface area (Å²) in [7, 11) is 2.29. The minimum Gasteiger partial charge on any atom is -0.497 e. The van der Waals surface area contributed by atoms with Crippen molar-refractivity contribution in [3.63, 3.8) is 0 Å². The predicted octanol–water partition coefficient (Wildman–Crippen LogP) is 5.12. The van der Waals surface area contributed by atoms with Gasteiger partial charge in [0.2, 0.25) is 15.9 Å². The summed E-state index contributed by atoms with van der Waals surface area (Å²) in [5.74, 6) is 0.648. The SMILES string of the molecule is COc1cc(C)c(S(=O)(=O)N(CCOCC(=O)N2CCC3(CC2)CCC(c2ccccc2)(N(C)C)CC3)C2CC2)c(C)c1. The molecule has 3 aliphatic rings. The van der Waals surface area contributed by atoms with Gasteiger partial charge in [-0.2, -0.15) is 4.31 Å². The summed E-state index contributed by atoms with van der Waals surface area (Å²) in [6.07, 6.45) is 8.39. The van der Waals surface area contributed by atoms with E-state index in [0.29, 0.717) is 27.2 Å². The molecule has 1 spiro atoms. The van der Waals surface area contributed by atoms with Crippen LogP contribution in [0.2, 0.25) is 0 Å². The third kappa shape index (κ3) is 6.65. The Labute approximate surface area is 258 Å². The zero-order valence-electron chi connectivity index (χ0n) is 26.6. The lowest BCUT2D eigenvalue weighted by molar-refractivity contribution is -0.139.